The number of hydrogen-bond acceptors (Lipinski definition) is 5. The number of aromatic nitrogens is 2. The van der Waals surface area contributed by atoms with E-state index in [1.165, 1.54) is 16.3 Å². The van der Waals surface area contributed by atoms with E-state index >= 15 is 0 Å². The van der Waals surface area contributed by atoms with Gasteiger partial charge >= 0.3 is 0 Å². The fourth-order valence-electron chi connectivity index (χ4n) is 5.68. The molecule has 4 heterocycles. The average Bonchev–Trinajstić information content (AvgIpc) is 3.41. The number of para-hydroxylation sites is 1. The number of thiophene rings is 1. The van der Waals surface area contributed by atoms with Crippen LogP contribution in [0.25, 0.3) is 0 Å². The maximum absolute atomic E-state index is 4.75. The Bertz CT molecular complexity index is 1060. The van der Waals surface area contributed by atoms with Crippen molar-refractivity contribution >= 4 is 33.5 Å². The lowest BCUT2D eigenvalue weighted by molar-refractivity contribution is 0.120. The van der Waals surface area contributed by atoms with E-state index in [-0.39, 0.29) is 17.0 Å². The van der Waals surface area contributed by atoms with Crippen LogP contribution in [0.15, 0.2) is 67.0 Å². The Morgan fingerprint density at radius 2 is 1.93 bits per heavy atom. The summed E-state index contributed by atoms with van der Waals surface area (Å²) in [4.78, 5) is 14.0. The molecule has 0 fully saturated rings. The zero-order valence-corrected chi connectivity index (χ0v) is 18.0. The highest BCUT2D eigenvalue weighted by Gasteiger charge is 2.61. The molecule has 0 amide bonds. The third-order valence-corrected chi connectivity index (χ3v) is 8.13. The monoisotopic (exact) mass is 402 g/mol. The molecule has 4 nitrogen and oxygen atoms in total. The second-order valence-corrected chi connectivity index (χ2v) is 9.04. The zero-order chi connectivity index (χ0) is 20.2. The van der Waals surface area contributed by atoms with Crippen molar-refractivity contribution in [1.82, 2.24) is 9.97 Å². The first-order valence-electron chi connectivity index (χ1n) is 10.3. The van der Waals surface area contributed by atoms with Gasteiger partial charge < -0.3 is 4.90 Å². The van der Waals surface area contributed by atoms with Crippen LogP contribution in [0.5, 0.6) is 0 Å². The van der Waals surface area contributed by atoms with E-state index in [9.17, 15) is 0 Å². The van der Waals surface area contributed by atoms with Crippen LogP contribution in [-0.4, -0.2) is 16.1 Å². The normalized spacial score (nSPS) is 27.3. The molecule has 3 unspecified atom stereocenters. The Labute approximate surface area is 176 Å². The SMILES string of the molecule is C=CC1(CC)c2ccccc2N2c3cncnc3N(c3cccs3)C2C1(C)CC. The molecule has 0 saturated heterocycles. The molecule has 0 N–H and O–H groups in total. The third-order valence-electron chi connectivity index (χ3n) is 7.27. The van der Waals surface area contributed by atoms with Crippen LogP contribution in [0.1, 0.15) is 39.2 Å². The number of allylic oxidation sites excluding steroid dienone is 1. The van der Waals surface area contributed by atoms with E-state index in [0.29, 0.717) is 0 Å². The van der Waals surface area contributed by atoms with Crippen LogP contribution in [0.3, 0.4) is 0 Å². The lowest BCUT2D eigenvalue weighted by Gasteiger charge is -2.59. The number of rotatable bonds is 4. The quantitative estimate of drug-likeness (QED) is 0.472. The number of benzene rings is 1. The van der Waals surface area contributed by atoms with Crippen LogP contribution in [0.2, 0.25) is 0 Å². The van der Waals surface area contributed by atoms with Crippen LogP contribution < -0.4 is 9.80 Å². The molecule has 0 radical (unpaired) electrons. The fraction of sp³-hybridized carbons (Fsp3) is 0.333. The molecular weight excluding hydrogens is 376 g/mol. The van der Waals surface area contributed by atoms with E-state index in [0.717, 1.165) is 24.3 Å². The Hall–Kier alpha value is -2.66. The van der Waals surface area contributed by atoms with E-state index < -0.39 is 0 Å². The molecule has 148 valence electrons. The standard InChI is InChI=1S/C24H26N4S/c1-5-23(4)22-27(18-12-9-8-11-17(18)24(23,6-2)7-3)19-15-25-16-26-21(19)28(22)20-13-10-14-29-20/h6,8-16,22H,2,5,7H2,1,3-4H3. The maximum Gasteiger partial charge on any atom is 0.162 e. The minimum Gasteiger partial charge on any atom is -0.315 e. The van der Waals surface area contributed by atoms with Gasteiger partial charge in [0.05, 0.1) is 11.2 Å². The number of hydrogen-bond donors (Lipinski definition) is 0. The van der Waals surface area contributed by atoms with Crippen LogP contribution >= 0.6 is 11.3 Å². The van der Waals surface area contributed by atoms with E-state index in [4.69, 9.17) is 4.98 Å². The molecule has 0 aliphatic carbocycles. The highest BCUT2D eigenvalue weighted by atomic mass is 32.1. The Kier molecular flexibility index (Phi) is 4.07. The highest BCUT2D eigenvalue weighted by Crippen LogP contribution is 2.64. The van der Waals surface area contributed by atoms with Gasteiger partial charge in [0.2, 0.25) is 0 Å². The predicted octanol–water partition coefficient (Wildman–Crippen LogP) is 6.42. The summed E-state index contributed by atoms with van der Waals surface area (Å²) in [5.41, 5.74) is 3.44. The topological polar surface area (TPSA) is 32.3 Å². The van der Waals surface area contributed by atoms with Gasteiger partial charge in [-0.1, -0.05) is 45.0 Å². The Balaban J connectivity index is 1.89. The van der Waals surface area contributed by atoms with Crippen molar-refractivity contribution in [2.45, 2.75) is 45.2 Å². The molecule has 29 heavy (non-hydrogen) atoms. The van der Waals surface area contributed by atoms with Crippen LogP contribution in [0.4, 0.5) is 22.2 Å². The first-order valence-corrected chi connectivity index (χ1v) is 11.2. The summed E-state index contributed by atoms with van der Waals surface area (Å²) < 4.78 is 0. The molecule has 2 aliphatic rings. The summed E-state index contributed by atoms with van der Waals surface area (Å²) >= 11 is 1.76. The summed E-state index contributed by atoms with van der Waals surface area (Å²) in [6.07, 6.45) is 7.95. The first kappa shape index (κ1) is 18.4. The van der Waals surface area contributed by atoms with Crippen LogP contribution in [-0.2, 0) is 5.41 Å². The van der Waals surface area contributed by atoms with Crippen molar-refractivity contribution in [1.29, 1.82) is 0 Å². The van der Waals surface area contributed by atoms with Crippen molar-refractivity contribution in [2.75, 3.05) is 9.80 Å². The summed E-state index contributed by atoms with van der Waals surface area (Å²) in [6.45, 7) is 11.4. The molecule has 0 saturated carbocycles. The van der Waals surface area contributed by atoms with Crippen molar-refractivity contribution in [3.63, 3.8) is 0 Å². The fourth-order valence-corrected chi connectivity index (χ4v) is 6.43. The molecule has 2 aromatic heterocycles. The zero-order valence-electron chi connectivity index (χ0n) is 17.2. The summed E-state index contributed by atoms with van der Waals surface area (Å²) in [6, 6.07) is 13.1. The van der Waals surface area contributed by atoms with E-state index in [1.807, 2.05) is 6.20 Å². The molecule has 3 aromatic rings. The summed E-state index contributed by atoms with van der Waals surface area (Å²) in [5, 5.41) is 3.35. The van der Waals surface area contributed by atoms with E-state index in [2.05, 4.69) is 90.0 Å². The number of fused-ring (bicyclic) bond motifs is 5. The second-order valence-electron chi connectivity index (χ2n) is 8.11. The number of anilines is 4. The van der Waals surface area contributed by atoms with Crippen molar-refractivity contribution in [2.24, 2.45) is 5.41 Å². The third kappa shape index (κ3) is 2.14. The smallest absolute Gasteiger partial charge is 0.162 e. The molecular formula is C24H26N4S. The van der Waals surface area contributed by atoms with Gasteiger partial charge in [0.25, 0.3) is 0 Å². The predicted molar refractivity (Wildman–Crippen MR) is 121 cm³/mol. The van der Waals surface area contributed by atoms with Gasteiger partial charge in [0.15, 0.2) is 5.82 Å². The molecule has 5 heteroatoms. The van der Waals surface area contributed by atoms with Gasteiger partial charge in [-0.25, -0.2) is 9.97 Å². The maximum atomic E-state index is 4.75. The summed E-state index contributed by atoms with van der Waals surface area (Å²) in [5.74, 6) is 0.984. The van der Waals surface area contributed by atoms with Gasteiger partial charge in [-0.3, -0.25) is 4.90 Å². The summed E-state index contributed by atoms with van der Waals surface area (Å²) in [7, 11) is 0. The van der Waals surface area contributed by atoms with Gasteiger partial charge in [-0.2, -0.15) is 0 Å². The molecule has 2 aliphatic heterocycles. The lowest BCUT2D eigenvalue weighted by atomic mass is 9.54. The van der Waals surface area contributed by atoms with Crippen molar-refractivity contribution < 1.29 is 0 Å². The highest BCUT2D eigenvalue weighted by molar-refractivity contribution is 7.14. The van der Waals surface area contributed by atoms with Crippen molar-refractivity contribution in [3.05, 3.63) is 72.5 Å². The number of nitrogens with zero attached hydrogens (tertiary/aromatic N) is 4. The molecule has 5 rings (SSSR count). The molecule has 0 spiro atoms. The molecule has 1 aromatic carbocycles. The Morgan fingerprint density at radius 1 is 1.10 bits per heavy atom. The molecule has 0 bridgehead atoms. The van der Waals surface area contributed by atoms with E-state index in [1.54, 1.807) is 17.7 Å². The lowest BCUT2D eigenvalue weighted by Crippen LogP contribution is -2.62. The van der Waals surface area contributed by atoms with Gasteiger partial charge in [0.1, 0.15) is 18.2 Å². The van der Waals surface area contributed by atoms with Gasteiger partial charge in [-0.05, 0) is 42.0 Å². The van der Waals surface area contributed by atoms with Crippen LogP contribution in [0, 0.1) is 5.41 Å². The van der Waals surface area contributed by atoms with Gasteiger partial charge in [-0.15, -0.1) is 17.9 Å². The second kappa shape index (κ2) is 6.42. The largest absolute Gasteiger partial charge is 0.315 e. The minimum absolute atomic E-state index is 0.0808. The average molecular weight is 403 g/mol. The molecule has 3 atom stereocenters. The first-order chi connectivity index (χ1) is 14.1. The van der Waals surface area contributed by atoms with Crippen molar-refractivity contribution in [3.8, 4) is 0 Å². The Morgan fingerprint density at radius 3 is 2.62 bits per heavy atom. The minimum atomic E-state index is -0.134. The van der Waals surface area contributed by atoms with Gasteiger partial charge in [0, 0.05) is 16.5 Å².